The molecule has 0 amide bonds. The lowest BCUT2D eigenvalue weighted by Gasteiger charge is -2.21. The van der Waals surface area contributed by atoms with Gasteiger partial charge in [-0.15, -0.1) is 0 Å². The fraction of sp³-hybridized carbons (Fsp3) is 0.625. The van der Waals surface area contributed by atoms with E-state index in [0.717, 1.165) is 0 Å². The Kier molecular flexibility index (Phi) is 3.82. The van der Waals surface area contributed by atoms with Crippen LogP contribution in [0.5, 0.6) is 0 Å². The molecule has 3 heteroatoms. The molecule has 0 aromatic rings. The Hall–Kier alpha value is -0.830. The van der Waals surface area contributed by atoms with Crippen LogP contribution in [0.2, 0.25) is 0 Å². The number of hydrogen-bond donors (Lipinski definition) is 1. The largest absolute Gasteiger partial charge is 0.455 e. The monoisotopic (exact) mass is 157 g/mol. The van der Waals surface area contributed by atoms with Gasteiger partial charge in [0.25, 0.3) is 0 Å². The normalized spacial score (nSPS) is 12.0. The molecular formula is C8H15NO2. The van der Waals surface area contributed by atoms with E-state index < -0.39 is 5.60 Å². The van der Waals surface area contributed by atoms with Crippen LogP contribution in [-0.4, -0.2) is 18.1 Å². The van der Waals surface area contributed by atoms with E-state index in [1.54, 1.807) is 26.8 Å². The van der Waals surface area contributed by atoms with Gasteiger partial charge in [0.2, 0.25) is 0 Å². The first-order valence-electron chi connectivity index (χ1n) is 3.57. The molecule has 0 aliphatic rings. The van der Waals surface area contributed by atoms with Crippen molar-refractivity contribution in [2.75, 3.05) is 6.54 Å². The zero-order chi connectivity index (χ0) is 8.91. The molecule has 11 heavy (non-hydrogen) atoms. The van der Waals surface area contributed by atoms with E-state index in [9.17, 15) is 4.79 Å². The van der Waals surface area contributed by atoms with Gasteiger partial charge in [0.15, 0.2) is 0 Å². The first-order valence-corrected chi connectivity index (χ1v) is 3.57. The van der Waals surface area contributed by atoms with Gasteiger partial charge in [-0.2, -0.15) is 0 Å². The fourth-order valence-corrected chi connectivity index (χ4v) is 0.484. The maximum Gasteiger partial charge on any atom is 0.330 e. The summed E-state index contributed by atoms with van der Waals surface area (Å²) in [4.78, 5) is 10.9. The number of carbonyl (C=O) groups is 1. The Bertz CT molecular complexity index is 161. The van der Waals surface area contributed by atoms with Crippen molar-refractivity contribution >= 4 is 5.97 Å². The van der Waals surface area contributed by atoms with Crippen molar-refractivity contribution in [3.05, 3.63) is 12.2 Å². The highest BCUT2D eigenvalue weighted by atomic mass is 16.6. The van der Waals surface area contributed by atoms with Gasteiger partial charge in [-0.3, -0.25) is 0 Å². The summed E-state index contributed by atoms with van der Waals surface area (Å²) in [7, 11) is 0. The van der Waals surface area contributed by atoms with Crippen molar-refractivity contribution in [3.63, 3.8) is 0 Å². The summed E-state index contributed by atoms with van der Waals surface area (Å²) in [6.45, 7) is 5.63. The van der Waals surface area contributed by atoms with Crippen LogP contribution in [0.15, 0.2) is 12.2 Å². The Morgan fingerprint density at radius 2 is 2.18 bits per heavy atom. The van der Waals surface area contributed by atoms with E-state index in [4.69, 9.17) is 10.5 Å². The van der Waals surface area contributed by atoms with Gasteiger partial charge in [0.1, 0.15) is 5.60 Å². The molecule has 0 aromatic heterocycles. The van der Waals surface area contributed by atoms with Crippen LogP contribution in [-0.2, 0) is 9.53 Å². The second kappa shape index (κ2) is 4.13. The second-order valence-corrected chi connectivity index (χ2v) is 2.88. The highest BCUT2D eigenvalue weighted by Gasteiger charge is 2.18. The number of carbonyl (C=O) groups excluding carboxylic acids is 1. The van der Waals surface area contributed by atoms with E-state index in [-0.39, 0.29) is 5.97 Å². The SMILES string of the molecule is C/C=C/C(=O)OC(C)(C)CN. The van der Waals surface area contributed by atoms with E-state index >= 15 is 0 Å². The summed E-state index contributed by atoms with van der Waals surface area (Å²) in [5, 5.41) is 0. The summed E-state index contributed by atoms with van der Waals surface area (Å²) in [6, 6.07) is 0. The van der Waals surface area contributed by atoms with Gasteiger partial charge < -0.3 is 10.5 Å². The lowest BCUT2D eigenvalue weighted by Crippen LogP contribution is -2.35. The number of allylic oxidation sites excluding steroid dienone is 1. The standard InChI is InChI=1S/C8H15NO2/c1-4-5-7(10)11-8(2,3)6-9/h4-5H,6,9H2,1-3H3/b5-4+. The summed E-state index contributed by atoms with van der Waals surface area (Å²) < 4.78 is 4.98. The Labute approximate surface area is 67.2 Å². The number of ether oxygens (including phenoxy) is 1. The van der Waals surface area contributed by atoms with Gasteiger partial charge in [0, 0.05) is 12.6 Å². The predicted octanol–water partition coefficient (Wildman–Crippen LogP) is 0.843. The molecule has 3 nitrogen and oxygen atoms in total. The van der Waals surface area contributed by atoms with Crippen molar-refractivity contribution in [2.24, 2.45) is 5.73 Å². The topological polar surface area (TPSA) is 52.3 Å². The molecule has 0 saturated carbocycles. The first-order chi connectivity index (χ1) is 5.02. The maximum absolute atomic E-state index is 10.9. The van der Waals surface area contributed by atoms with Gasteiger partial charge in [-0.05, 0) is 20.8 Å². The third kappa shape index (κ3) is 4.56. The van der Waals surface area contributed by atoms with Crippen LogP contribution in [0.1, 0.15) is 20.8 Å². The molecular weight excluding hydrogens is 142 g/mol. The van der Waals surface area contributed by atoms with Crippen molar-refractivity contribution < 1.29 is 9.53 Å². The van der Waals surface area contributed by atoms with E-state index in [1.165, 1.54) is 6.08 Å². The number of hydrogen-bond acceptors (Lipinski definition) is 3. The van der Waals surface area contributed by atoms with Crippen LogP contribution < -0.4 is 5.73 Å². The van der Waals surface area contributed by atoms with Crippen molar-refractivity contribution in [3.8, 4) is 0 Å². The van der Waals surface area contributed by atoms with Gasteiger partial charge in [0.05, 0.1) is 0 Å². The molecule has 0 spiro atoms. The molecule has 0 heterocycles. The van der Waals surface area contributed by atoms with Crippen LogP contribution in [0.25, 0.3) is 0 Å². The Morgan fingerprint density at radius 3 is 2.55 bits per heavy atom. The summed E-state index contributed by atoms with van der Waals surface area (Å²) in [5.41, 5.74) is 4.79. The molecule has 0 aliphatic carbocycles. The quantitative estimate of drug-likeness (QED) is 0.488. The van der Waals surface area contributed by atoms with Crippen LogP contribution >= 0.6 is 0 Å². The Morgan fingerprint density at radius 1 is 1.64 bits per heavy atom. The average Bonchev–Trinajstić information content (AvgIpc) is 1.87. The lowest BCUT2D eigenvalue weighted by molar-refractivity contribution is -0.149. The van der Waals surface area contributed by atoms with E-state index in [0.29, 0.717) is 6.54 Å². The molecule has 0 aliphatic heterocycles. The molecule has 0 radical (unpaired) electrons. The maximum atomic E-state index is 10.9. The smallest absolute Gasteiger partial charge is 0.330 e. The second-order valence-electron chi connectivity index (χ2n) is 2.88. The molecule has 0 saturated heterocycles. The molecule has 64 valence electrons. The van der Waals surface area contributed by atoms with Gasteiger partial charge in [-0.1, -0.05) is 6.08 Å². The van der Waals surface area contributed by atoms with Crippen LogP contribution in [0.4, 0.5) is 0 Å². The van der Waals surface area contributed by atoms with Crippen molar-refractivity contribution in [1.29, 1.82) is 0 Å². The molecule has 2 N–H and O–H groups in total. The summed E-state index contributed by atoms with van der Waals surface area (Å²) in [6.07, 6.45) is 3.01. The van der Waals surface area contributed by atoms with Crippen molar-refractivity contribution in [2.45, 2.75) is 26.4 Å². The van der Waals surface area contributed by atoms with Crippen LogP contribution in [0.3, 0.4) is 0 Å². The number of rotatable bonds is 3. The third-order valence-electron chi connectivity index (χ3n) is 1.17. The van der Waals surface area contributed by atoms with Crippen molar-refractivity contribution in [1.82, 2.24) is 0 Å². The van der Waals surface area contributed by atoms with E-state index in [2.05, 4.69) is 0 Å². The lowest BCUT2D eigenvalue weighted by atomic mass is 10.1. The predicted molar refractivity (Wildman–Crippen MR) is 44.0 cm³/mol. The minimum atomic E-state index is -0.559. The first kappa shape index (κ1) is 10.2. The van der Waals surface area contributed by atoms with Gasteiger partial charge >= 0.3 is 5.97 Å². The number of esters is 1. The number of nitrogens with two attached hydrogens (primary N) is 1. The molecule has 0 atom stereocenters. The summed E-state index contributed by atoms with van der Waals surface area (Å²) in [5.74, 6) is -0.344. The highest BCUT2D eigenvalue weighted by Crippen LogP contribution is 2.06. The molecule has 0 aromatic carbocycles. The molecule has 0 unspecified atom stereocenters. The fourth-order valence-electron chi connectivity index (χ4n) is 0.484. The van der Waals surface area contributed by atoms with E-state index in [1.807, 2.05) is 0 Å². The van der Waals surface area contributed by atoms with Gasteiger partial charge in [-0.25, -0.2) is 4.79 Å². The molecule has 0 rings (SSSR count). The highest BCUT2D eigenvalue weighted by molar-refractivity contribution is 5.82. The molecule has 0 bridgehead atoms. The minimum absolute atomic E-state index is 0.330. The average molecular weight is 157 g/mol. The zero-order valence-electron chi connectivity index (χ0n) is 7.26. The zero-order valence-corrected chi connectivity index (χ0v) is 7.26. The third-order valence-corrected chi connectivity index (χ3v) is 1.17. The summed E-state index contributed by atoms with van der Waals surface area (Å²) >= 11 is 0. The molecule has 0 fully saturated rings. The minimum Gasteiger partial charge on any atom is -0.455 e. The van der Waals surface area contributed by atoms with Crippen LogP contribution in [0, 0.1) is 0 Å². The Balaban J connectivity index is 3.93.